The second-order valence-electron chi connectivity index (χ2n) is 7.90. The molecule has 3 aromatic rings. The molecule has 1 aromatic heterocycles. The highest BCUT2D eigenvalue weighted by Crippen LogP contribution is 2.35. The first-order valence-corrected chi connectivity index (χ1v) is 10.2. The summed E-state index contributed by atoms with van der Waals surface area (Å²) < 4.78 is 5.69. The summed E-state index contributed by atoms with van der Waals surface area (Å²) in [5.74, 6) is -0.899. The van der Waals surface area contributed by atoms with Gasteiger partial charge in [-0.2, -0.15) is 0 Å². The number of carboxylic acids is 1. The van der Waals surface area contributed by atoms with Gasteiger partial charge in [-0.3, -0.25) is 14.7 Å². The van der Waals surface area contributed by atoms with E-state index in [9.17, 15) is 9.59 Å². The van der Waals surface area contributed by atoms with Crippen LogP contribution in [0.15, 0.2) is 67.0 Å². The van der Waals surface area contributed by atoms with Crippen LogP contribution in [-0.2, 0) is 22.5 Å². The molecule has 158 valence electrons. The van der Waals surface area contributed by atoms with E-state index in [-0.39, 0.29) is 24.7 Å². The van der Waals surface area contributed by atoms with Gasteiger partial charge in [-0.15, -0.1) is 0 Å². The highest BCUT2D eigenvalue weighted by Gasteiger charge is 2.39. The lowest BCUT2D eigenvalue weighted by molar-refractivity contribution is -0.136. The van der Waals surface area contributed by atoms with Crippen molar-refractivity contribution in [1.29, 1.82) is 0 Å². The van der Waals surface area contributed by atoms with E-state index in [0.29, 0.717) is 12.1 Å². The minimum Gasteiger partial charge on any atom is -0.481 e. The van der Waals surface area contributed by atoms with E-state index < -0.39 is 5.97 Å². The maximum absolute atomic E-state index is 12.7. The molecule has 0 saturated carbocycles. The number of aliphatic carboxylic acids is 1. The van der Waals surface area contributed by atoms with E-state index in [1.54, 1.807) is 17.3 Å². The van der Waals surface area contributed by atoms with Gasteiger partial charge in [0, 0.05) is 18.0 Å². The van der Waals surface area contributed by atoms with Gasteiger partial charge in [-0.25, -0.2) is 4.79 Å². The van der Waals surface area contributed by atoms with Crippen molar-refractivity contribution in [2.24, 2.45) is 0 Å². The van der Waals surface area contributed by atoms with Gasteiger partial charge in [0.25, 0.3) is 0 Å². The van der Waals surface area contributed by atoms with E-state index in [0.717, 1.165) is 27.8 Å². The molecule has 6 heteroatoms. The van der Waals surface area contributed by atoms with Crippen LogP contribution < -0.4 is 0 Å². The maximum atomic E-state index is 12.7. The van der Waals surface area contributed by atoms with Crippen LogP contribution in [-0.4, -0.2) is 33.1 Å². The average Bonchev–Trinajstić information content (AvgIpc) is 3.02. The summed E-state index contributed by atoms with van der Waals surface area (Å²) in [6, 6.07) is 17.5. The molecule has 0 radical (unpaired) electrons. The molecule has 1 N–H and O–H groups in total. The van der Waals surface area contributed by atoms with Gasteiger partial charge < -0.3 is 9.84 Å². The average molecular weight is 416 g/mol. The molecule has 0 bridgehead atoms. The number of aryl methyl sites for hydroxylation is 1. The molecule has 1 amide bonds. The number of cyclic esters (lactones) is 1. The van der Waals surface area contributed by atoms with Crippen molar-refractivity contribution in [1.82, 2.24) is 9.88 Å². The summed E-state index contributed by atoms with van der Waals surface area (Å²) in [5, 5.41) is 9.10. The smallest absolute Gasteiger partial charge is 0.411 e. The summed E-state index contributed by atoms with van der Waals surface area (Å²) in [6.07, 6.45) is 2.54. The van der Waals surface area contributed by atoms with Gasteiger partial charge in [0.15, 0.2) is 0 Å². The quantitative estimate of drug-likeness (QED) is 0.626. The predicted molar refractivity (Wildman–Crippen MR) is 116 cm³/mol. The molecule has 1 aliphatic heterocycles. The molecule has 2 heterocycles. The van der Waals surface area contributed by atoms with E-state index in [1.807, 2.05) is 62.4 Å². The summed E-state index contributed by atoms with van der Waals surface area (Å²) in [6.45, 7) is 4.39. The number of pyridine rings is 1. The molecule has 1 fully saturated rings. The van der Waals surface area contributed by atoms with Gasteiger partial charge in [0.05, 0.1) is 19.0 Å². The molecule has 1 saturated heterocycles. The molecule has 0 spiro atoms. The van der Waals surface area contributed by atoms with E-state index in [2.05, 4.69) is 11.1 Å². The number of nitrogens with zero attached hydrogens (tertiary/aromatic N) is 2. The monoisotopic (exact) mass is 416 g/mol. The highest BCUT2D eigenvalue weighted by molar-refractivity contribution is 5.74. The number of carboxylic acid groups (broad SMARTS) is 1. The first-order valence-electron chi connectivity index (χ1n) is 10.2. The van der Waals surface area contributed by atoms with Crippen molar-refractivity contribution < 1.29 is 19.4 Å². The van der Waals surface area contributed by atoms with Crippen LogP contribution in [0.25, 0.3) is 11.1 Å². The number of carbonyl (C=O) groups excluding carboxylic acids is 1. The zero-order valence-electron chi connectivity index (χ0n) is 17.5. The minimum absolute atomic E-state index is 0.0870. The second-order valence-corrected chi connectivity index (χ2v) is 7.90. The number of benzene rings is 2. The Morgan fingerprint density at radius 3 is 2.65 bits per heavy atom. The Balaban J connectivity index is 1.64. The molecule has 0 aliphatic carbocycles. The molecule has 2 aromatic carbocycles. The Hall–Kier alpha value is -3.67. The van der Waals surface area contributed by atoms with Crippen LogP contribution >= 0.6 is 0 Å². The first kappa shape index (κ1) is 20.6. The number of amides is 1. The number of carbonyl (C=O) groups is 2. The Kier molecular flexibility index (Phi) is 5.71. The molecular weight excluding hydrogens is 392 g/mol. The Morgan fingerprint density at radius 2 is 1.90 bits per heavy atom. The lowest BCUT2D eigenvalue weighted by atomic mass is 9.96. The molecule has 2 atom stereocenters. The molecular formula is C25H24N2O4. The lowest BCUT2D eigenvalue weighted by Crippen LogP contribution is -2.31. The zero-order valence-corrected chi connectivity index (χ0v) is 17.5. The molecule has 6 nitrogen and oxygen atoms in total. The lowest BCUT2D eigenvalue weighted by Gasteiger charge is -2.23. The van der Waals surface area contributed by atoms with Crippen LogP contribution in [0.4, 0.5) is 4.79 Å². The summed E-state index contributed by atoms with van der Waals surface area (Å²) in [4.78, 5) is 29.8. The fraction of sp³-hybridized carbons (Fsp3) is 0.240. The van der Waals surface area contributed by atoms with Crippen molar-refractivity contribution in [3.63, 3.8) is 0 Å². The van der Waals surface area contributed by atoms with Gasteiger partial charge in [0.2, 0.25) is 0 Å². The number of ether oxygens (including phenoxy) is 1. The van der Waals surface area contributed by atoms with E-state index in [1.165, 1.54) is 0 Å². The molecule has 1 aliphatic rings. The number of aromatic nitrogens is 1. The van der Waals surface area contributed by atoms with Gasteiger partial charge in [-0.05, 0) is 42.2 Å². The standard InChI is InChI=1S/C25H24N2O4/c1-16-8-9-22(20-11-18(12-23(28)29)13-26-14-20)21(10-16)15-27-17(2)24(31-25(27)30)19-6-4-3-5-7-19/h3-11,13-14,17,24H,12,15H2,1-2H3,(H,28,29)/t17-,24-/m0/s1. The van der Waals surface area contributed by atoms with E-state index in [4.69, 9.17) is 9.84 Å². The minimum atomic E-state index is -0.899. The van der Waals surface area contributed by atoms with Gasteiger partial charge in [0.1, 0.15) is 6.10 Å². The zero-order chi connectivity index (χ0) is 22.0. The third-order valence-corrected chi connectivity index (χ3v) is 5.58. The molecule has 31 heavy (non-hydrogen) atoms. The maximum Gasteiger partial charge on any atom is 0.411 e. The van der Waals surface area contributed by atoms with Crippen molar-refractivity contribution in [3.05, 3.63) is 89.2 Å². The van der Waals surface area contributed by atoms with Crippen LogP contribution in [0.3, 0.4) is 0 Å². The third-order valence-electron chi connectivity index (χ3n) is 5.58. The van der Waals surface area contributed by atoms with Crippen LogP contribution in [0.5, 0.6) is 0 Å². The highest BCUT2D eigenvalue weighted by atomic mass is 16.6. The summed E-state index contributed by atoms with van der Waals surface area (Å²) >= 11 is 0. The Morgan fingerprint density at radius 1 is 1.13 bits per heavy atom. The van der Waals surface area contributed by atoms with Crippen molar-refractivity contribution in [3.8, 4) is 11.1 Å². The third kappa shape index (κ3) is 4.43. The summed E-state index contributed by atoms with van der Waals surface area (Å²) in [5.41, 5.74) is 5.40. The molecule has 4 rings (SSSR count). The molecule has 0 unspecified atom stereocenters. The van der Waals surface area contributed by atoms with Crippen LogP contribution in [0.1, 0.15) is 35.3 Å². The van der Waals surface area contributed by atoms with Gasteiger partial charge >= 0.3 is 12.1 Å². The number of hydrogen-bond acceptors (Lipinski definition) is 4. The normalized spacial score (nSPS) is 18.1. The van der Waals surface area contributed by atoms with Crippen molar-refractivity contribution in [2.45, 2.75) is 39.0 Å². The van der Waals surface area contributed by atoms with Crippen molar-refractivity contribution in [2.75, 3.05) is 0 Å². The van der Waals surface area contributed by atoms with Crippen LogP contribution in [0.2, 0.25) is 0 Å². The fourth-order valence-electron chi connectivity index (χ4n) is 4.03. The SMILES string of the molecule is Cc1ccc(-c2cncc(CC(=O)O)c2)c(CN2C(=O)O[C@H](c3ccccc3)[C@@H]2C)c1. The largest absolute Gasteiger partial charge is 0.481 e. The fourth-order valence-corrected chi connectivity index (χ4v) is 4.03. The van der Waals surface area contributed by atoms with Gasteiger partial charge in [-0.1, -0.05) is 54.1 Å². The second kappa shape index (κ2) is 8.60. The van der Waals surface area contributed by atoms with Crippen LogP contribution in [0, 0.1) is 6.92 Å². The van der Waals surface area contributed by atoms with Crippen molar-refractivity contribution >= 4 is 12.1 Å². The Bertz CT molecular complexity index is 1110. The predicted octanol–water partition coefficient (Wildman–Crippen LogP) is 4.77. The Labute approximate surface area is 181 Å². The number of rotatable bonds is 6. The number of hydrogen-bond donors (Lipinski definition) is 1. The first-order chi connectivity index (χ1) is 14.9. The summed E-state index contributed by atoms with van der Waals surface area (Å²) in [7, 11) is 0. The van der Waals surface area contributed by atoms with E-state index >= 15 is 0 Å². The topological polar surface area (TPSA) is 79.7 Å².